The van der Waals surface area contributed by atoms with Crippen LogP contribution in [0.2, 0.25) is 0 Å². The highest BCUT2D eigenvalue weighted by Gasteiger charge is 2.27. The Morgan fingerprint density at radius 1 is 1.14 bits per heavy atom. The second kappa shape index (κ2) is 13.8. The lowest BCUT2D eigenvalue weighted by Gasteiger charge is -2.25. The summed E-state index contributed by atoms with van der Waals surface area (Å²) in [6.45, 7) is -0.174. The Kier molecular flexibility index (Phi) is 10.3. The third kappa shape index (κ3) is 8.44. The average molecular weight is 604 g/mol. The number of nitrogens with one attached hydrogen (secondary N) is 2. The summed E-state index contributed by atoms with van der Waals surface area (Å²) >= 11 is 0. The summed E-state index contributed by atoms with van der Waals surface area (Å²) in [7, 11) is 0. The van der Waals surface area contributed by atoms with Crippen molar-refractivity contribution in [1.29, 1.82) is 0 Å². The number of amides is 1. The van der Waals surface area contributed by atoms with Crippen LogP contribution in [0.4, 0.5) is 31.9 Å². The number of H-pyrrole nitrogens is 1. The van der Waals surface area contributed by atoms with E-state index in [2.05, 4.69) is 15.3 Å². The molecule has 0 spiro atoms. The number of aliphatic carboxylic acids is 2. The van der Waals surface area contributed by atoms with Gasteiger partial charge in [-0.2, -0.15) is 9.37 Å². The maximum absolute atomic E-state index is 14.5. The Balaban J connectivity index is 1.85. The fraction of sp³-hybridized carbons (Fsp3) is 0.269. The molecule has 1 heterocycles. The minimum atomic E-state index is -1.44. The number of aromatic nitrogens is 2. The van der Waals surface area contributed by atoms with Gasteiger partial charge in [0, 0.05) is 37.2 Å². The number of hydrogen-bond acceptors (Lipinski definition) is 10. The maximum Gasteiger partial charge on any atom is 0.328 e. The van der Waals surface area contributed by atoms with Gasteiger partial charge in [0.1, 0.15) is 23.4 Å². The van der Waals surface area contributed by atoms with Gasteiger partial charge in [-0.3, -0.25) is 29.5 Å². The van der Waals surface area contributed by atoms with E-state index in [1.54, 1.807) is 0 Å². The molecule has 0 unspecified atom stereocenters. The van der Waals surface area contributed by atoms with Crippen LogP contribution < -0.4 is 27.2 Å². The summed E-state index contributed by atoms with van der Waals surface area (Å²) in [6, 6.07) is 5.30. The van der Waals surface area contributed by atoms with E-state index in [1.165, 1.54) is 29.2 Å². The van der Waals surface area contributed by atoms with Gasteiger partial charge in [-0.25, -0.2) is 9.18 Å². The zero-order valence-electron chi connectivity index (χ0n) is 22.4. The van der Waals surface area contributed by atoms with Gasteiger partial charge in [0.25, 0.3) is 11.5 Å². The number of rotatable bonds is 14. The Bertz CT molecular complexity index is 1600. The van der Waals surface area contributed by atoms with Crippen molar-refractivity contribution in [3.8, 4) is 0 Å². The van der Waals surface area contributed by atoms with Gasteiger partial charge in [0.05, 0.1) is 10.5 Å². The third-order valence-corrected chi connectivity index (χ3v) is 6.29. The number of carboxylic acid groups (broad SMARTS) is 2. The van der Waals surface area contributed by atoms with Crippen LogP contribution in [0, 0.1) is 21.7 Å². The molecule has 17 heteroatoms. The molecule has 1 atom stereocenters. The van der Waals surface area contributed by atoms with Crippen LogP contribution in [0.5, 0.6) is 0 Å². The standard InChI is InChI=1S/C26H27F2N7O8/c27-15-10-17(28)21(35(42)43)19(11-15)34(9-1-2-16-22(29)32-26(30)33-24(16)39)12-13-3-5-14(6-4-13)23(38)31-18(25(40)41)7-8-20(36)37/h3-6,10-11,18H,1-2,7-9,12H2,(H,31,38)(H,36,37)(H,40,41)(H5,29,30,32,33,39)/t18-/m0/s1. The van der Waals surface area contributed by atoms with Crippen LogP contribution in [-0.2, 0) is 22.6 Å². The highest BCUT2D eigenvalue weighted by molar-refractivity contribution is 5.96. The molecule has 2 aromatic carbocycles. The van der Waals surface area contributed by atoms with Crippen molar-refractivity contribution in [1.82, 2.24) is 15.3 Å². The molecular weight excluding hydrogens is 576 g/mol. The smallest absolute Gasteiger partial charge is 0.328 e. The number of nitro groups is 1. The van der Waals surface area contributed by atoms with Gasteiger partial charge in [0.2, 0.25) is 11.8 Å². The largest absolute Gasteiger partial charge is 0.481 e. The van der Waals surface area contributed by atoms with Gasteiger partial charge in [-0.1, -0.05) is 12.1 Å². The van der Waals surface area contributed by atoms with Crippen molar-refractivity contribution in [3.05, 3.63) is 85.2 Å². The molecule has 1 amide bonds. The number of nitrogen functional groups attached to an aromatic ring is 2. The van der Waals surface area contributed by atoms with Crippen molar-refractivity contribution in [2.24, 2.45) is 0 Å². The van der Waals surface area contributed by atoms with Crippen molar-refractivity contribution in [2.45, 2.75) is 38.3 Å². The average Bonchev–Trinajstić information content (AvgIpc) is 2.91. The number of halogens is 2. The van der Waals surface area contributed by atoms with Crippen molar-refractivity contribution < 1.29 is 38.3 Å². The molecule has 0 fully saturated rings. The molecule has 3 rings (SSSR count). The molecule has 0 aliphatic heterocycles. The second-order valence-corrected chi connectivity index (χ2v) is 9.35. The number of aromatic amines is 1. The van der Waals surface area contributed by atoms with Crippen LogP contribution >= 0.6 is 0 Å². The zero-order chi connectivity index (χ0) is 31.8. The summed E-state index contributed by atoms with van der Waals surface area (Å²) in [6.07, 6.45) is -0.630. The highest BCUT2D eigenvalue weighted by Crippen LogP contribution is 2.33. The fourth-order valence-electron chi connectivity index (χ4n) is 4.23. The lowest BCUT2D eigenvalue weighted by Crippen LogP contribution is -2.41. The SMILES string of the molecule is Nc1nc(N)c(CCCN(Cc2ccc(C(=O)N[C@@H](CCC(=O)O)C(=O)O)cc2)c2cc(F)cc(F)c2[N+](=O)[O-])c(=O)[nH]1. The van der Waals surface area contributed by atoms with Gasteiger partial charge in [-0.05, 0) is 37.0 Å². The van der Waals surface area contributed by atoms with E-state index in [-0.39, 0.29) is 60.9 Å². The predicted octanol–water partition coefficient (Wildman–Crippen LogP) is 1.81. The topological polar surface area (TPSA) is 248 Å². The molecule has 0 saturated carbocycles. The van der Waals surface area contributed by atoms with Gasteiger partial charge in [0.15, 0.2) is 0 Å². The Morgan fingerprint density at radius 2 is 1.81 bits per heavy atom. The van der Waals surface area contributed by atoms with E-state index in [4.69, 9.17) is 16.6 Å². The number of carbonyl (C=O) groups excluding carboxylic acids is 1. The van der Waals surface area contributed by atoms with Crippen LogP contribution in [0.25, 0.3) is 0 Å². The molecular formula is C26H27F2N7O8. The zero-order valence-corrected chi connectivity index (χ0v) is 22.4. The molecule has 15 nitrogen and oxygen atoms in total. The quantitative estimate of drug-likeness (QED) is 0.114. The van der Waals surface area contributed by atoms with Crippen LogP contribution in [-0.4, -0.2) is 55.5 Å². The second-order valence-electron chi connectivity index (χ2n) is 9.35. The van der Waals surface area contributed by atoms with E-state index >= 15 is 0 Å². The number of hydrogen-bond donors (Lipinski definition) is 6. The molecule has 0 aliphatic carbocycles. The number of nitrogens with two attached hydrogens (primary N) is 2. The van der Waals surface area contributed by atoms with Crippen molar-refractivity contribution in [2.75, 3.05) is 22.9 Å². The van der Waals surface area contributed by atoms with E-state index in [9.17, 15) is 43.2 Å². The fourth-order valence-corrected chi connectivity index (χ4v) is 4.23. The first-order valence-corrected chi connectivity index (χ1v) is 12.6. The van der Waals surface area contributed by atoms with E-state index in [0.29, 0.717) is 11.6 Å². The molecule has 0 radical (unpaired) electrons. The molecule has 0 aliphatic rings. The van der Waals surface area contributed by atoms with Crippen LogP contribution in [0.3, 0.4) is 0 Å². The van der Waals surface area contributed by atoms with Gasteiger partial charge < -0.3 is 31.9 Å². The predicted molar refractivity (Wildman–Crippen MR) is 148 cm³/mol. The van der Waals surface area contributed by atoms with Crippen LogP contribution in [0.15, 0.2) is 41.2 Å². The normalized spacial score (nSPS) is 11.5. The minimum absolute atomic E-state index is 0.0326. The third-order valence-electron chi connectivity index (χ3n) is 6.29. The number of nitro benzene ring substituents is 1. The first-order chi connectivity index (χ1) is 20.3. The van der Waals surface area contributed by atoms with E-state index in [0.717, 1.165) is 6.07 Å². The molecule has 228 valence electrons. The monoisotopic (exact) mass is 603 g/mol. The lowest BCUT2D eigenvalue weighted by molar-refractivity contribution is -0.386. The summed E-state index contributed by atoms with van der Waals surface area (Å²) < 4.78 is 28.7. The number of benzene rings is 2. The van der Waals surface area contributed by atoms with Crippen molar-refractivity contribution in [3.63, 3.8) is 0 Å². The summed E-state index contributed by atoms with van der Waals surface area (Å²) in [5, 5.41) is 32.0. The molecule has 43 heavy (non-hydrogen) atoms. The molecule has 3 aromatic rings. The minimum Gasteiger partial charge on any atom is -0.481 e. The summed E-state index contributed by atoms with van der Waals surface area (Å²) in [5.74, 6) is -6.18. The molecule has 0 bridgehead atoms. The molecule has 8 N–H and O–H groups in total. The number of carboxylic acids is 2. The highest BCUT2D eigenvalue weighted by atomic mass is 19.1. The first-order valence-electron chi connectivity index (χ1n) is 12.6. The van der Waals surface area contributed by atoms with E-state index < -0.39 is 58.1 Å². The lowest BCUT2D eigenvalue weighted by atomic mass is 10.1. The first kappa shape index (κ1) is 31.9. The summed E-state index contributed by atoms with van der Waals surface area (Å²) in [4.78, 5) is 65.1. The number of anilines is 3. The summed E-state index contributed by atoms with van der Waals surface area (Å²) in [5.41, 5.74) is 9.92. The van der Waals surface area contributed by atoms with Gasteiger partial charge in [-0.15, -0.1) is 0 Å². The molecule has 1 aromatic heterocycles. The number of nitrogens with zero attached hydrogens (tertiary/aromatic N) is 3. The Labute approximate surface area is 241 Å². The van der Waals surface area contributed by atoms with E-state index in [1.807, 2.05) is 0 Å². The molecule has 0 saturated heterocycles. The Morgan fingerprint density at radius 3 is 2.40 bits per heavy atom. The maximum atomic E-state index is 14.5. The van der Waals surface area contributed by atoms with Crippen LogP contribution in [0.1, 0.15) is 40.7 Å². The number of carbonyl (C=O) groups is 3. The Hall–Kier alpha value is -5.61. The van der Waals surface area contributed by atoms with Crippen molar-refractivity contribution >= 4 is 41.0 Å². The van der Waals surface area contributed by atoms with Gasteiger partial charge >= 0.3 is 17.6 Å².